The molecule has 1 aliphatic carbocycles. The number of benzene rings is 1. The van der Waals surface area contributed by atoms with Crippen LogP contribution >= 0.6 is 0 Å². The van der Waals surface area contributed by atoms with E-state index < -0.39 is 5.82 Å². The molecule has 1 saturated carbocycles. The molecule has 0 bridgehead atoms. The summed E-state index contributed by atoms with van der Waals surface area (Å²) in [7, 11) is 0. The van der Waals surface area contributed by atoms with Gasteiger partial charge in [0.25, 0.3) is 11.8 Å². The highest BCUT2D eigenvalue weighted by Gasteiger charge is 2.60. The van der Waals surface area contributed by atoms with E-state index in [0.717, 1.165) is 77.9 Å². The van der Waals surface area contributed by atoms with Crippen molar-refractivity contribution in [3.8, 4) is 11.6 Å². The predicted octanol–water partition coefficient (Wildman–Crippen LogP) is 4.74. The van der Waals surface area contributed by atoms with Gasteiger partial charge in [0.1, 0.15) is 17.9 Å². The molecule has 1 N–H and O–H groups in total. The van der Waals surface area contributed by atoms with Crippen molar-refractivity contribution in [3.05, 3.63) is 35.9 Å². The Hall–Kier alpha value is -3.38. The number of halogens is 1. The van der Waals surface area contributed by atoms with Crippen LogP contribution in [0.4, 0.5) is 10.2 Å². The number of hydrogen-bond acceptors (Lipinski definition) is 9. The second-order valence-electron chi connectivity index (χ2n) is 16.3. The highest BCUT2D eigenvalue weighted by atomic mass is 19.1. The number of nitrogens with zero attached hydrogens (tertiary/aromatic N) is 7. The van der Waals surface area contributed by atoms with Crippen LogP contribution < -0.4 is 15.0 Å². The van der Waals surface area contributed by atoms with Gasteiger partial charge in [0.2, 0.25) is 5.91 Å². The average Bonchev–Trinajstić information content (AvgIpc) is 3.33. The van der Waals surface area contributed by atoms with E-state index in [9.17, 15) is 14.0 Å². The molecule has 0 unspecified atom stereocenters. The molecule has 0 atom stereocenters. The molecule has 11 nitrogen and oxygen atoms in total. The highest BCUT2D eigenvalue weighted by Crippen LogP contribution is 2.50. The first-order valence-electron chi connectivity index (χ1n) is 18.4. The molecule has 12 heteroatoms. The topological polar surface area (TPSA) is 107 Å². The van der Waals surface area contributed by atoms with Gasteiger partial charge in [0, 0.05) is 62.3 Å². The van der Waals surface area contributed by atoms with Gasteiger partial charge in [-0.05, 0) is 117 Å². The van der Waals surface area contributed by atoms with Crippen LogP contribution in [0.3, 0.4) is 0 Å². The second-order valence-corrected chi connectivity index (χ2v) is 16.3. The van der Waals surface area contributed by atoms with Gasteiger partial charge in [-0.25, -0.2) is 9.37 Å². The lowest BCUT2D eigenvalue weighted by Gasteiger charge is -2.54. The summed E-state index contributed by atoms with van der Waals surface area (Å²) in [5.41, 5.74) is 0.270. The maximum Gasteiger partial charge on any atom is 0.282 e. The van der Waals surface area contributed by atoms with Crippen molar-refractivity contribution in [2.75, 3.05) is 57.3 Å². The van der Waals surface area contributed by atoms with Crippen molar-refractivity contribution in [2.24, 2.45) is 16.7 Å². The SMILES string of the molecule is CCN(C(=O)c1cc(F)ccc1Oc1nncnc1N1CC2(CCN(CC3CCC4(CC3)CC3(CN(C(C)C)C3)C(=O)N4)CC2)C1)C(C)C. The molecule has 5 fully saturated rings. The Morgan fingerprint density at radius 1 is 1.08 bits per heavy atom. The summed E-state index contributed by atoms with van der Waals surface area (Å²) >= 11 is 0. The minimum atomic E-state index is -0.501. The van der Waals surface area contributed by atoms with Gasteiger partial charge in [-0.2, -0.15) is 0 Å². The number of anilines is 1. The molecule has 4 aliphatic heterocycles. The molecule has 0 radical (unpaired) electrons. The predicted molar refractivity (Wildman–Crippen MR) is 185 cm³/mol. The maximum atomic E-state index is 14.3. The second kappa shape index (κ2) is 13.1. The van der Waals surface area contributed by atoms with E-state index in [2.05, 4.69) is 49.0 Å². The fraction of sp³-hybridized carbons (Fsp3) is 0.703. The Labute approximate surface area is 289 Å². The number of carbonyl (C=O) groups excluding carboxylic acids is 2. The largest absolute Gasteiger partial charge is 0.434 e. The van der Waals surface area contributed by atoms with E-state index in [4.69, 9.17) is 4.74 Å². The number of nitrogens with one attached hydrogen (secondary N) is 1. The summed E-state index contributed by atoms with van der Waals surface area (Å²) in [5, 5.41) is 11.7. The van der Waals surface area contributed by atoms with Crippen LogP contribution in [0.2, 0.25) is 0 Å². The van der Waals surface area contributed by atoms with E-state index in [1.807, 2.05) is 20.8 Å². The number of hydrogen-bond donors (Lipinski definition) is 1. The van der Waals surface area contributed by atoms with E-state index >= 15 is 0 Å². The quantitative estimate of drug-likeness (QED) is 0.404. The molecular weight excluding hydrogens is 623 g/mol. The van der Waals surface area contributed by atoms with Gasteiger partial charge in [-0.1, -0.05) is 0 Å². The zero-order chi connectivity index (χ0) is 34.6. The van der Waals surface area contributed by atoms with Gasteiger partial charge in [-0.3, -0.25) is 14.5 Å². The summed E-state index contributed by atoms with van der Waals surface area (Å²) in [6.45, 7) is 17.6. The monoisotopic (exact) mass is 676 g/mol. The maximum absolute atomic E-state index is 14.3. The minimum Gasteiger partial charge on any atom is -0.434 e. The smallest absolute Gasteiger partial charge is 0.282 e. The summed E-state index contributed by atoms with van der Waals surface area (Å²) in [6.07, 6.45) is 9.32. The minimum absolute atomic E-state index is 0.0220. The number of carbonyl (C=O) groups is 2. The van der Waals surface area contributed by atoms with Crippen LogP contribution in [0, 0.1) is 22.6 Å². The number of piperidine rings is 1. The van der Waals surface area contributed by atoms with Crippen LogP contribution in [-0.4, -0.2) is 112 Å². The summed E-state index contributed by atoms with van der Waals surface area (Å²) in [5.74, 6) is 1.25. The first kappa shape index (κ1) is 34.1. The molecule has 2 amide bonds. The lowest BCUT2D eigenvalue weighted by molar-refractivity contribution is -0.138. The zero-order valence-corrected chi connectivity index (χ0v) is 29.9. The lowest BCUT2D eigenvalue weighted by atomic mass is 9.68. The molecule has 1 aromatic carbocycles. The average molecular weight is 677 g/mol. The van der Waals surface area contributed by atoms with Gasteiger partial charge in [-0.15, -0.1) is 10.2 Å². The van der Waals surface area contributed by atoms with Crippen molar-refractivity contribution < 1.29 is 18.7 Å². The van der Waals surface area contributed by atoms with E-state index in [0.29, 0.717) is 30.2 Å². The fourth-order valence-corrected chi connectivity index (χ4v) is 9.32. The third kappa shape index (κ3) is 6.51. The molecule has 1 aromatic heterocycles. The number of rotatable bonds is 9. The Bertz CT molecular complexity index is 1540. The summed E-state index contributed by atoms with van der Waals surface area (Å²) in [6, 6.07) is 4.45. The number of aromatic nitrogens is 3. The van der Waals surface area contributed by atoms with Crippen LogP contribution in [0.25, 0.3) is 0 Å². The van der Waals surface area contributed by atoms with Crippen LogP contribution in [0.1, 0.15) is 89.9 Å². The molecule has 5 aliphatic rings. The zero-order valence-electron chi connectivity index (χ0n) is 29.9. The van der Waals surface area contributed by atoms with Crippen molar-refractivity contribution in [1.29, 1.82) is 0 Å². The Balaban J connectivity index is 0.910. The number of likely N-dealkylation sites (tertiary alicyclic amines) is 2. The number of amides is 2. The molecule has 49 heavy (non-hydrogen) atoms. The van der Waals surface area contributed by atoms with Gasteiger partial charge in [0.15, 0.2) is 5.82 Å². The van der Waals surface area contributed by atoms with Crippen molar-refractivity contribution in [3.63, 3.8) is 0 Å². The van der Waals surface area contributed by atoms with Crippen LogP contribution in [-0.2, 0) is 4.79 Å². The van der Waals surface area contributed by atoms with E-state index in [1.165, 1.54) is 37.4 Å². The van der Waals surface area contributed by atoms with Gasteiger partial charge < -0.3 is 24.8 Å². The number of ether oxygens (including phenoxy) is 1. The van der Waals surface area contributed by atoms with Crippen LogP contribution in [0.15, 0.2) is 24.5 Å². The van der Waals surface area contributed by atoms with Crippen molar-refractivity contribution in [1.82, 2.24) is 35.2 Å². The molecule has 4 saturated heterocycles. The molecule has 266 valence electrons. The third-order valence-corrected chi connectivity index (χ3v) is 12.3. The van der Waals surface area contributed by atoms with Crippen molar-refractivity contribution in [2.45, 2.75) is 97.2 Å². The van der Waals surface area contributed by atoms with E-state index in [-0.39, 0.29) is 45.5 Å². The Morgan fingerprint density at radius 2 is 1.80 bits per heavy atom. The standard InChI is InChI=1S/C37H53FN8O3/c1-6-46(26(4)5)33(47)29-17-28(38)7-8-30(29)49-32-31(39-24-40-42-32)45-20-35(21-45)13-15-43(16-14-35)18-27-9-11-37(12-10-27)19-36(34(48)41-37)22-44(23-36)25(2)3/h7-8,17,24-27H,6,9-16,18-23H2,1-5H3,(H,41,48). The Kier molecular flexibility index (Phi) is 9.09. The Morgan fingerprint density at radius 3 is 2.45 bits per heavy atom. The van der Waals surface area contributed by atoms with E-state index in [1.54, 1.807) is 4.90 Å². The lowest BCUT2D eigenvalue weighted by Crippen LogP contribution is -2.61. The summed E-state index contributed by atoms with van der Waals surface area (Å²) in [4.78, 5) is 39.8. The molecule has 7 rings (SSSR count). The molecule has 3 spiro atoms. The molecule has 5 heterocycles. The summed E-state index contributed by atoms with van der Waals surface area (Å²) < 4.78 is 20.5. The third-order valence-electron chi connectivity index (χ3n) is 12.3. The highest BCUT2D eigenvalue weighted by molar-refractivity contribution is 5.97. The normalized spacial score (nSPS) is 26.3. The first-order valence-corrected chi connectivity index (χ1v) is 18.4. The molecular formula is C37H53FN8O3. The fourth-order valence-electron chi connectivity index (χ4n) is 9.32. The van der Waals surface area contributed by atoms with Crippen LogP contribution in [0.5, 0.6) is 11.6 Å². The van der Waals surface area contributed by atoms with Gasteiger partial charge >= 0.3 is 0 Å². The molecule has 2 aromatic rings. The first-order chi connectivity index (χ1) is 23.4. The van der Waals surface area contributed by atoms with Gasteiger partial charge in [0.05, 0.1) is 11.0 Å². The van der Waals surface area contributed by atoms with Crippen molar-refractivity contribution >= 4 is 17.6 Å².